The number of anilines is 2. The minimum absolute atomic E-state index is 0.219. The predicted molar refractivity (Wildman–Crippen MR) is 127 cm³/mol. The molecule has 7 heteroatoms. The van der Waals surface area contributed by atoms with Crippen molar-refractivity contribution in [1.82, 2.24) is 4.72 Å². The Morgan fingerprint density at radius 1 is 1.07 bits per heavy atom. The van der Waals surface area contributed by atoms with Crippen LogP contribution in [0, 0.1) is 13.8 Å². The first-order valence-corrected chi connectivity index (χ1v) is 12.8. The summed E-state index contributed by atoms with van der Waals surface area (Å²) in [7, 11) is -3.15. The molecule has 0 bridgehead atoms. The van der Waals surface area contributed by atoms with E-state index in [0.29, 0.717) is 12.6 Å². The fraction of sp³-hybridized carbons (Fsp3) is 0.739. The summed E-state index contributed by atoms with van der Waals surface area (Å²) in [4.78, 5) is 2.48. The molecule has 2 rings (SSSR count). The quantitative estimate of drug-likeness (QED) is 0.534. The molecule has 1 aliphatic heterocycles. The third-order valence-electron chi connectivity index (χ3n) is 6.23. The topological polar surface area (TPSA) is 70.7 Å². The van der Waals surface area contributed by atoms with Crippen molar-refractivity contribution in [3.63, 3.8) is 0 Å². The van der Waals surface area contributed by atoms with Gasteiger partial charge in [0, 0.05) is 31.0 Å². The summed E-state index contributed by atoms with van der Waals surface area (Å²) in [5.74, 6) is 0. The number of nitrogens with zero attached hydrogens (tertiary/aromatic N) is 1. The Morgan fingerprint density at radius 2 is 1.73 bits per heavy atom. The molecule has 2 N–H and O–H groups in total. The molecule has 3 unspecified atom stereocenters. The van der Waals surface area contributed by atoms with Crippen molar-refractivity contribution < 1.29 is 13.2 Å². The first kappa shape index (κ1) is 25.0. The van der Waals surface area contributed by atoms with E-state index < -0.39 is 10.0 Å². The van der Waals surface area contributed by atoms with Crippen molar-refractivity contribution in [2.45, 2.75) is 91.2 Å². The molecule has 0 aliphatic carbocycles. The summed E-state index contributed by atoms with van der Waals surface area (Å²) in [5.41, 5.74) is 5.08. The minimum atomic E-state index is -3.15. The van der Waals surface area contributed by atoms with Gasteiger partial charge in [0.15, 0.2) is 0 Å². The summed E-state index contributed by atoms with van der Waals surface area (Å²) in [5, 5.41) is 3.18. The van der Waals surface area contributed by atoms with Crippen LogP contribution >= 0.6 is 0 Å². The van der Waals surface area contributed by atoms with Crippen molar-refractivity contribution in [3.8, 4) is 0 Å². The highest BCUT2D eigenvalue weighted by molar-refractivity contribution is 7.90. The van der Waals surface area contributed by atoms with E-state index in [-0.39, 0.29) is 17.5 Å². The van der Waals surface area contributed by atoms with Crippen molar-refractivity contribution in [2.75, 3.05) is 29.9 Å². The normalized spacial score (nSPS) is 22.5. The lowest BCUT2D eigenvalue weighted by Gasteiger charge is -2.43. The molecule has 0 radical (unpaired) electrons. The minimum Gasteiger partial charge on any atom is -0.385 e. The van der Waals surface area contributed by atoms with E-state index in [0.717, 1.165) is 32.4 Å². The number of unbranched alkanes of at least 4 members (excludes halogenated alkanes) is 2. The molecule has 0 saturated carbocycles. The van der Waals surface area contributed by atoms with Crippen LogP contribution in [0.4, 0.5) is 11.4 Å². The number of hydrogen-bond acceptors (Lipinski definition) is 5. The first-order valence-electron chi connectivity index (χ1n) is 11.3. The van der Waals surface area contributed by atoms with E-state index >= 15 is 0 Å². The molecule has 1 aromatic carbocycles. The summed E-state index contributed by atoms with van der Waals surface area (Å²) >= 11 is 0. The van der Waals surface area contributed by atoms with Crippen LogP contribution in [-0.4, -0.2) is 51.6 Å². The number of rotatable bonds is 10. The van der Waals surface area contributed by atoms with Crippen LogP contribution in [0.3, 0.4) is 0 Å². The van der Waals surface area contributed by atoms with Gasteiger partial charge in [0.2, 0.25) is 10.0 Å². The van der Waals surface area contributed by atoms with Crippen molar-refractivity contribution in [1.29, 1.82) is 0 Å². The number of nitrogens with one attached hydrogen (secondary N) is 2. The smallest absolute Gasteiger partial charge is 0.213 e. The molecule has 172 valence electrons. The highest BCUT2D eigenvalue weighted by Gasteiger charge is 2.30. The zero-order chi connectivity index (χ0) is 22.5. The van der Waals surface area contributed by atoms with Gasteiger partial charge in [0.1, 0.15) is 0 Å². The maximum absolute atomic E-state index is 11.7. The van der Waals surface area contributed by atoms with Gasteiger partial charge in [0.05, 0.1) is 23.5 Å². The molecule has 0 aromatic heterocycles. The van der Waals surface area contributed by atoms with E-state index in [1.54, 1.807) is 13.8 Å². The van der Waals surface area contributed by atoms with E-state index in [4.69, 9.17) is 4.74 Å². The van der Waals surface area contributed by atoms with Gasteiger partial charge in [0.25, 0.3) is 0 Å². The maximum Gasteiger partial charge on any atom is 0.213 e. The van der Waals surface area contributed by atoms with Crippen LogP contribution in [0.5, 0.6) is 0 Å². The van der Waals surface area contributed by atoms with Crippen LogP contribution < -0.4 is 14.9 Å². The first-order chi connectivity index (χ1) is 14.0. The number of benzene rings is 1. The van der Waals surface area contributed by atoms with Gasteiger partial charge >= 0.3 is 0 Å². The van der Waals surface area contributed by atoms with Crippen LogP contribution in [-0.2, 0) is 14.8 Å². The lowest BCUT2D eigenvalue weighted by atomic mass is 10.0. The van der Waals surface area contributed by atoms with Crippen molar-refractivity contribution in [2.24, 2.45) is 0 Å². The molecule has 1 aliphatic rings. The van der Waals surface area contributed by atoms with E-state index in [1.165, 1.54) is 22.5 Å². The second kappa shape index (κ2) is 10.8. The van der Waals surface area contributed by atoms with Gasteiger partial charge in [-0.15, -0.1) is 0 Å². The van der Waals surface area contributed by atoms with E-state index in [9.17, 15) is 8.42 Å². The van der Waals surface area contributed by atoms with Gasteiger partial charge in [-0.2, -0.15) is 0 Å². The Hall–Kier alpha value is -1.31. The molecule has 1 aromatic rings. The van der Waals surface area contributed by atoms with Crippen LogP contribution in [0.2, 0.25) is 0 Å². The van der Waals surface area contributed by atoms with Gasteiger partial charge in [-0.25, -0.2) is 13.1 Å². The van der Waals surface area contributed by atoms with Gasteiger partial charge in [-0.1, -0.05) is 6.42 Å². The largest absolute Gasteiger partial charge is 0.385 e. The average Bonchev–Trinajstić information content (AvgIpc) is 2.67. The summed E-state index contributed by atoms with van der Waals surface area (Å²) in [6.45, 7) is 16.6. The Kier molecular flexibility index (Phi) is 9.00. The Morgan fingerprint density at radius 3 is 2.40 bits per heavy atom. The fourth-order valence-corrected chi connectivity index (χ4v) is 4.64. The molecular weight excluding hydrogens is 398 g/mol. The van der Waals surface area contributed by atoms with E-state index in [2.05, 4.69) is 61.7 Å². The summed E-state index contributed by atoms with van der Waals surface area (Å²) in [6.07, 6.45) is 3.31. The highest BCUT2D eigenvalue weighted by atomic mass is 32.2. The van der Waals surface area contributed by atoms with Crippen LogP contribution in [0.1, 0.15) is 65.0 Å². The zero-order valence-electron chi connectivity index (χ0n) is 19.8. The third kappa shape index (κ3) is 6.34. The Bertz CT molecular complexity index is 795. The standard InChI is InChI=1S/C23H41N3O3S/c1-16(2)30(27,28)25-14-10-8-9-13-24-22-11-12-23(19(5)18(22)4)26-15-17(3)29-21(7)20(26)6/h11-12,16-17,20-21,24-25H,8-10,13-15H2,1-7H3. The second-order valence-corrected chi connectivity index (χ2v) is 11.2. The molecule has 1 fully saturated rings. The lowest BCUT2D eigenvalue weighted by molar-refractivity contribution is -0.0258. The number of ether oxygens (including phenoxy) is 1. The molecule has 1 saturated heterocycles. The molecule has 6 nitrogen and oxygen atoms in total. The average molecular weight is 440 g/mol. The van der Waals surface area contributed by atoms with E-state index in [1.807, 2.05) is 0 Å². The molecule has 0 spiro atoms. The fourth-order valence-electron chi connectivity index (χ4n) is 3.88. The second-order valence-electron chi connectivity index (χ2n) is 8.90. The van der Waals surface area contributed by atoms with Crippen LogP contribution in [0.15, 0.2) is 12.1 Å². The van der Waals surface area contributed by atoms with Crippen molar-refractivity contribution >= 4 is 21.4 Å². The predicted octanol–water partition coefficient (Wildman–Crippen LogP) is 4.22. The SMILES string of the molecule is Cc1c(NCCCCCNS(=O)(=O)C(C)C)ccc(N2CC(C)OC(C)C2C)c1C. The molecule has 30 heavy (non-hydrogen) atoms. The van der Waals surface area contributed by atoms with Crippen molar-refractivity contribution in [3.05, 3.63) is 23.3 Å². The highest BCUT2D eigenvalue weighted by Crippen LogP contribution is 2.32. The Labute approximate surface area is 183 Å². The molecule has 3 atom stereocenters. The Balaban J connectivity index is 1.85. The van der Waals surface area contributed by atoms with Crippen LogP contribution in [0.25, 0.3) is 0 Å². The molecule has 1 heterocycles. The lowest BCUT2D eigenvalue weighted by Crippen LogP contribution is -2.52. The summed E-state index contributed by atoms with van der Waals surface area (Å²) in [6, 6.07) is 4.77. The third-order valence-corrected chi connectivity index (χ3v) is 8.08. The monoisotopic (exact) mass is 439 g/mol. The number of morpholine rings is 1. The van der Waals surface area contributed by atoms with Gasteiger partial charge < -0.3 is 15.0 Å². The molecule has 0 amide bonds. The number of hydrogen-bond donors (Lipinski definition) is 2. The molecular formula is C23H41N3O3S. The summed E-state index contributed by atoms with van der Waals surface area (Å²) < 4.78 is 32.1. The maximum atomic E-state index is 11.7. The number of sulfonamides is 1. The van der Waals surface area contributed by atoms with Gasteiger partial charge in [-0.05, 0) is 84.6 Å². The zero-order valence-corrected chi connectivity index (χ0v) is 20.6. The van der Waals surface area contributed by atoms with Gasteiger partial charge in [-0.3, -0.25) is 0 Å².